The van der Waals surface area contributed by atoms with E-state index in [1.54, 1.807) is 6.08 Å². The summed E-state index contributed by atoms with van der Waals surface area (Å²) >= 11 is 6.46. The normalized spacial score (nSPS) is 23.8. The predicted octanol–water partition coefficient (Wildman–Crippen LogP) is 4.67. The number of amides is 1. The van der Waals surface area contributed by atoms with Crippen LogP contribution in [0.15, 0.2) is 48.5 Å². The summed E-state index contributed by atoms with van der Waals surface area (Å²) in [4.78, 5) is 21.9. The average molecular weight is 441 g/mol. The molecule has 1 fully saturated rings. The van der Waals surface area contributed by atoms with Crippen molar-refractivity contribution < 1.29 is 4.79 Å². The lowest BCUT2D eigenvalue weighted by atomic mass is 9.88. The van der Waals surface area contributed by atoms with Crippen molar-refractivity contribution in [1.82, 2.24) is 19.2 Å². The van der Waals surface area contributed by atoms with E-state index in [9.17, 15) is 4.79 Å². The van der Waals surface area contributed by atoms with E-state index in [0.29, 0.717) is 19.5 Å². The number of aryl methyl sites for hydroxylation is 1. The lowest BCUT2D eigenvalue weighted by Gasteiger charge is -2.37. The summed E-state index contributed by atoms with van der Waals surface area (Å²) in [7, 11) is 0.489. The van der Waals surface area contributed by atoms with Gasteiger partial charge in [0.05, 0.1) is 16.5 Å². The van der Waals surface area contributed by atoms with Crippen molar-refractivity contribution in [1.29, 1.82) is 0 Å². The maximum absolute atomic E-state index is 13.0. The first-order valence-electron chi connectivity index (χ1n) is 10.6. The van der Waals surface area contributed by atoms with Crippen LogP contribution in [0.1, 0.15) is 31.0 Å². The third-order valence-corrected chi connectivity index (χ3v) is 8.12. The molecule has 5 heterocycles. The fraction of sp³-hybridized carbons (Fsp3) is 0.391. The molecule has 0 saturated carbocycles. The zero-order chi connectivity index (χ0) is 20.8. The van der Waals surface area contributed by atoms with E-state index >= 15 is 0 Å². The van der Waals surface area contributed by atoms with E-state index in [0.717, 1.165) is 41.9 Å². The molecule has 1 amide bonds. The first-order chi connectivity index (χ1) is 14.5. The Morgan fingerprint density at radius 1 is 1.27 bits per heavy atom. The van der Waals surface area contributed by atoms with Gasteiger partial charge in [0.25, 0.3) is 5.91 Å². The second-order valence-corrected chi connectivity index (χ2v) is 10.1. The zero-order valence-corrected chi connectivity index (χ0v) is 19.1. The molecule has 0 bridgehead atoms. The SMILES string of the molecule is CCN1CCC(C2=CN3C(=O)C=C(c4cc(Cl)c5nc(C)cn5c4)PC3C=C2)CC1. The second kappa shape index (κ2) is 7.96. The molecular formula is C23H26ClN4OP. The molecule has 156 valence electrons. The first kappa shape index (κ1) is 20.0. The van der Waals surface area contributed by atoms with Crippen molar-refractivity contribution >= 4 is 37.1 Å². The fourth-order valence-corrected chi connectivity index (χ4v) is 6.23. The molecule has 0 aliphatic carbocycles. The van der Waals surface area contributed by atoms with Crippen LogP contribution >= 0.6 is 20.2 Å². The third kappa shape index (κ3) is 3.64. The highest BCUT2D eigenvalue weighted by atomic mass is 35.5. The van der Waals surface area contributed by atoms with Gasteiger partial charge < -0.3 is 14.2 Å². The van der Waals surface area contributed by atoms with Gasteiger partial charge in [-0.2, -0.15) is 0 Å². The third-order valence-electron chi connectivity index (χ3n) is 6.33. The van der Waals surface area contributed by atoms with Crippen LogP contribution in [-0.2, 0) is 4.79 Å². The number of likely N-dealkylation sites (tertiary alicyclic amines) is 1. The van der Waals surface area contributed by atoms with Crippen LogP contribution in [0.4, 0.5) is 0 Å². The summed E-state index contributed by atoms with van der Waals surface area (Å²) in [5, 5.41) is 1.66. The number of halogens is 1. The number of allylic oxidation sites excluding steroid dienone is 2. The number of piperidine rings is 1. The Morgan fingerprint density at radius 2 is 2.07 bits per heavy atom. The molecular weight excluding hydrogens is 415 g/mol. The fourth-order valence-electron chi connectivity index (χ4n) is 4.61. The van der Waals surface area contributed by atoms with Gasteiger partial charge in [0.1, 0.15) is 0 Å². The highest BCUT2D eigenvalue weighted by molar-refractivity contribution is 7.51. The van der Waals surface area contributed by atoms with Crippen molar-refractivity contribution in [3.8, 4) is 0 Å². The molecule has 2 unspecified atom stereocenters. The highest BCUT2D eigenvalue weighted by Crippen LogP contribution is 2.46. The molecule has 2 aromatic heterocycles. The van der Waals surface area contributed by atoms with E-state index in [4.69, 9.17) is 11.6 Å². The highest BCUT2D eigenvalue weighted by Gasteiger charge is 2.31. The standard InChI is InChI=1S/C23H26ClN4OP/c1-3-26-8-6-16(7-9-26)17-4-5-22-28(14-17)21(29)11-20(30-22)18-10-19(24)23-25-15(2)12-27(23)13-18/h4-5,10-14,16,22,30H,3,6-9H2,1-2H3. The summed E-state index contributed by atoms with van der Waals surface area (Å²) < 4.78 is 1.95. The number of carbonyl (C=O) groups is 1. The number of imidazole rings is 1. The maximum atomic E-state index is 13.0. The number of pyridine rings is 1. The quantitative estimate of drug-likeness (QED) is 0.651. The van der Waals surface area contributed by atoms with Gasteiger partial charge in [0.15, 0.2) is 5.65 Å². The molecule has 3 aliphatic heterocycles. The van der Waals surface area contributed by atoms with Crippen LogP contribution in [0.3, 0.4) is 0 Å². The molecule has 3 aliphatic rings. The molecule has 2 aromatic rings. The number of hydrogen-bond acceptors (Lipinski definition) is 3. The number of rotatable bonds is 3. The average Bonchev–Trinajstić information content (AvgIpc) is 3.14. The van der Waals surface area contributed by atoms with E-state index in [-0.39, 0.29) is 11.7 Å². The van der Waals surface area contributed by atoms with Crippen LogP contribution in [0.25, 0.3) is 11.0 Å². The Labute approximate surface area is 183 Å². The van der Waals surface area contributed by atoms with Crippen LogP contribution in [0.2, 0.25) is 5.02 Å². The van der Waals surface area contributed by atoms with Crippen LogP contribution < -0.4 is 0 Å². The largest absolute Gasteiger partial charge is 0.305 e. The van der Waals surface area contributed by atoms with Gasteiger partial charge in [-0.15, -0.1) is 0 Å². The molecule has 0 N–H and O–H groups in total. The lowest BCUT2D eigenvalue weighted by Crippen LogP contribution is -2.38. The second-order valence-electron chi connectivity index (χ2n) is 8.28. The number of nitrogens with zero attached hydrogens (tertiary/aromatic N) is 4. The van der Waals surface area contributed by atoms with E-state index < -0.39 is 0 Å². The summed E-state index contributed by atoms with van der Waals surface area (Å²) in [6.07, 6.45) is 14.7. The van der Waals surface area contributed by atoms with E-state index in [1.165, 1.54) is 18.4 Å². The number of hydrogen-bond donors (Lipinski definition) is 0. The van der Waals surface area contributed by atoms with Crippen molar-refractivity contribution in [2.75, 3.05) is 19.6 Å². The Morgan fingerprint density at radius 3 is 2.83 bits per heavy atom. The molecule has 1 saturated heterocycles. The van der Waals surface area contributed by atoms with Gasteiger partial charge in [0, 0.05) is 30.2 Å². The monoisotopic (exact) mass is 440 g/mol. The molecule has 5 rings (SSSR count). The minimum absolute atomic E-state index is 0.0552. The first-order valence-corrected chi connectivity index (χ1v) is 12.1. The number of aromatic nitrogens is 2. The van der Waals surface area contributed by atoms with Gasteiger partial charge in [-0.25, -0.2) is 4.98 Å². The van der Waals surface area contributed by atoms with Crippen LogP contribution in [0, 0.1) is 12.8 Å². The van der Waals surface area contributed by atoms with Crippen LogP contribution in [-0.4, -0.2) is 50.5 Å². The Hall–Kier alpha value is -1.94. The Balaban J connectivity index is 1.39. The lowest BCUT2D eigenvalue weighted by molar-refractivity contribution is -0.123. The summed E-state index contributed by atoms with van der Waals surface area (Å²) in [6.45, 7) is 7.59. The maximum Gasteiger partial charge on any atom is 0.252 e. The molecule has 2 atom stereocenters. The minimum Gasteiger partial charge on any atom is -0.305 e. The van der Waals surface area contributed by atoms with Gasteiger partial charge in [-0.05, 0) is 62.3 Å². The summed E-state index contributed by atoms with van der Waals surface area (Å²) in [5.41, 5.74) is 3.97. The van der Waals surface area contributed by atoms with E-state index in [2.05, 4.69) is 35.2 Å². The van der Waals surface area contributed by atoms with Gasteiger partial charge in [0.2, 0.25) is 0 Å². The molecule has 7 heteroatoms. The van der Waals surface area contributed by atoms with Crippen molar-refractivity contribution in [3.05, 3.63) is 64.7 Å². The Kier molecular flexibility index (Phi) is 5.30. The van der Waals surface area contributed by atoms with Gasteiger partial charge in [-0.3, -0.25) is 4.79 Å². The summed E-state index contributed by atoms with van der Waals surface area (Å²) in [6, 6.07) is 1.93. The van der Waals surface area contributed by atoms with Crippen molar-refractivity contribution in [2.24, 2.45) is 5.92 Å². The summed E-state index contributed by atoms with van der Waals surface area (Å²) in [5.74, 6) is 0.702. The molecule has 30 heavy (non-hydrogen) atoms. The number of carbonyl (C=O) groups excluding carboxylic acids is 1. The van der Waals surface area contributed by atoms with Crippen molar-refractivity contribution in [2.45, 2.75) is 32.5 Å². The Bertz CT molecular complexity index is 1090. The molecule has 5 nitrogen and oxygen atoms in total. The van der Waals surface area contributed by atoms with Gasteiger partial charge in [-0.1, -0.05) is 39.3 Å². The molecule has 0 aromatic carbocycles. The molecule has 0 spiro atoms. The smallest absolute Gasteiger partial charge is 0.252 e. The topological polar surface area (TPSA) is 40.8 Å². The predicted molar refractivity (Wildman–Crippen MR) is 124 cm³/mol. The minimum atomic E-state index is 0.0552. The number of fused-ring (bicyclic) bond motifs is 2. The van der Waals surface area contributed by atoms with Crippen molar-refractivity contribution in [3.63, 3.8) is 0 Å². The molecule has 0 radical (unpaired) electrons. The van der Waals surface area contributed by atoms with E-state index in [1.807, 2.05) is 34.7 Å². The van der Waals surface area contributed by atoms with Crippen LogP contribution in [0.5, 0.6) is 0 Å². The van der Waals surface area contributed by atoms with Gasteiger partial charge >= 0.3 is 0 Å². The zero-order valence-electron chi connectivity index (χ0n) is 17.3.